The van der Waals surface area contributed by atoms with Crippen LogP contribution in [0.3, 0.4) is 0 Å². The zero-order valence-electron chi connectivity index (χ0n) is 14.5. The summed E-state index contributed by atoms with van der Waals surface area (Å²) in [5, 5.41) is 9.48. The Labute approximate surface area is 146 Å². The van der Waals surface area contributed by atoms with Crippen LogP contribution in [0.5, 0.6) is 0 Å². The molecule has 8 nitrogen and oxygen atoms in total. The highest BCUT2D eigenvalue weighted by molar-refractivity contribution is 6.01. The van der Waals surface area contributed by atoms with Crippen LogP contribution in [0.1, 0.15) is 44.9 Å². The van der Waals surface area contributed by atoms with Crippen LogP contribution in [0.2, 0.25) is 0 Å². The molecule has 0 bridgehead atoms. The molecule has 0 spiro atoms. The van der Waals surface area contributed by atoms with E-state index in [4.69, 9.17) is 0 Å². The molecule has 0 radical (unpaired) electrons. The molecular formula is C17H25N3O5. The van der Waals surface area contributed by atoms with Crippen molar-refractivity contribution < 1.29 is 24.3 Å². The number of hydrogen-bond donors (Lipinski definition) is 1. The van der Waals surface area contributed by atoms with E-state index in [0.29, 0.717) is 12.8 Å². The summed E-state index contributed by atoms with van der Waals surface area (Å²) in [5.74, 6) is -1.07. The highest BCUT2D eigenvalue weighted by Crippen LogP contribution is 2.40. The first-order valence-corrected chi connectivity index (χ1v) is 8.99. The summed E-state index contributed by atoms with van der Waals surface area (Å²) >= 11 is 0. The molecule has 2 aliphatic heterocycles. The van der Waals surface area contributed by atoms with Gasteiger partial charge in [0.15, 0.2) is 0 Å². The van der Waals surface area contributed by atoms with Gasteiger partial charge < -0.3 is 14.9 Å². The Morgan fingerprint density at radius 1 is 1.20 bits per heavy atom. The average molecular weight is 351 g/mol. The van der Waals surface area contributed by atoms with E-state index >= 15 is 0 Å². The molecule has 1 saturated carbocycles. The number of carbonyl (C=O) groups is 4. The van der Waals surface area contributed by atoms with Gasteiger partial charge in [0.1, 0.15) is 12.6 Å². The van der Waals surface area contributed by atoms with Crippen molar-refractivity contribution in [1.82, 2.24) is 14.7 Å². The molecule has 3 rings (SSSR count). The Morgan fingerprint density at radius 3 is 2.56 bits per heavy atom. The van der Waals surface area contributed by atoms with Gasteiger partial charge in [-0.15, -0.1) is 0 Å². The van der Waals surface area contributed by atoms with E-state index in [-0.39, 0.29) is 49.3 Å². The van der Waals surface area contributed by atoms with Crippen LogP contribution in [-0.2, 0) is 14.4 Å². The van der Waals surface area contributed by atoms with Crippen molar-refractivity contribution in [3.63, 3.8) is 0 Å². The number of likely N-dealkylation sites (tertiary alicyclic amines) is 1. The number of hydrogen-bond acceptors (Lipinski definition) is 4. The standard InChI is InChI=1S/C17H25N3O5/c1-18-10-15(22)19(17(18)25)8-4-7-14(21)20-12-6-3-2-5-11(12)9-13(20)16(23)24/h11-13H,2-10H2,1H3,(H,23,24). The average Bonchev–Trinajstić information content (AvgIpc) is 3.07. The summed E-state index contributed by atoms with van der Waals surface area (Å²) in [6, 6.07) is -1.04. The van der Waals surface area contributed by atoms with Crippen LogP contribution in [0.25, 0.3) is 0 Å². The number of amides is 4. The number of likely N-dealkylation sites (N-methyl/N-ethyl adjacent to an activating group) is 1. The number of carbonyl (C=O) groups excluding carboxylic acids is 3. The quantitative estimate of drug-likeness (QED) is 0.742. The van der Waals surface area contributed by atoms with E-state index in [9.17, 15) is 24.3 Å². The molecule has 3 atom stereocenters. The Hall–Kier alpha value is -2.12. The van der Waals surface area contributed by atoms with E-state index in [2.05, 4.69) is 0 Å². The van der Waals surface area contributed by atoms with Crippen LogP contribution in [0.4, 0.5) is 4.79 Å². The maximum Gasteiger partial charge on any atom is 0.326 e. The molecule has 1 N–H and O–H groups in total. The topological polar surface area (TPSA) is 98.2 Å². The molecule has 0 aromatic rings. The molecule has 2 saturated heterocycles. The molecule has 3 unspecified atom stereocenters. The number of fused-ring (bicyclic) bond motifs is 1. The van der Waals surface area contributed by atoms with Crippen LogP contribution >= 0.6 is 0 Å². The maximum atomic E-state index is 12.7. The van der Waals surface area contributed by atoms with Crippen LogP contribution in [0, 0.1) is 5.92 Å². The Morgan fingerprint density at radius 2 is 1.92 bits per heavy atom. The summed E-state index contributed by atoms with van der Waals surface area (Å²) < 4.78 is 0. The lowest BCUT2D eigenvalue weighted by Crippen LogP contribution is -2.46. The molecule has 8 heteroatoms. The van der Waals surface area contributed by atoms with Crippen molar-refractivity contribution >= 4 is 23.8 Å². The van der Waals surface area contributed by atoms with Gasteiger partial charge in [-0.1, -0.05) is 12.8 Å². The predicted octanol–water partition coefficient (Wildman–Crippen LogP) is 0.905. The Kier molecular flexibility index (Phi) is 4.96. The molecule has 1 aliphatic carbocycles. The summed E-state index contributed by atoms with van der Waals surface area (Å²) in [7, 11) is 1.57. The van der Waals surface area contributed by atoms with Gasteiger partial charge in [0.25, 0.3) is 0 Å². The second kappa shape index (κ2) is 7.01. The van der Waals surface area contributed by atoms with Crippen LogP contribution < -0.4 is 0 Å². The number of imide groups is 1. The SMILES string of the molecule is CN1CC(=O)N(CCCC(=O)N2C(C(=O)O)CC3CCCCC32)C1=O. The third-order valence-electron chi connectivity index (χ3n) is 5.66. The van der Waals surface area contributed by atoms with Gasteiger partial charge in [-0.05, 0) is 31.6 Å². The lowest BCUT2D eigenvalue weighted by molar-refractivity contribution is -0.150. The first kappa shape index (κ1) is 17.7. The Bertz CT molecular complexity index is 593. The number of urea groups is 1. The monoisotopic (exact) mass is 351 g/mol. The summed E-state index contributed by atoms with van der Waals surface area (Å²) in [6.45, 7) is 0.275. The normalized spacial score (nSPS) is 29.3. The molecule has 4 amide bonds. The molecule has 0 aromatic carbocycles. The third-order valence-corrected chi connectivity index (χ3v) is 5.66. The zero-order valence-corrected chi connectivity index (χ0v) is 14.5. The molecule has 0 aromatic heterocycles. The minimum atomic E-state index is -0.936. The summed E-state index contributed by atoms with van der Waals surface area (Å²) in [4.78, 5) is 51.9. The largest absolute Gasteiger partial charge is 0.480 e. The van der Waals surface area contributed by atoms with Crippen molar-refractivity contribution in [2.24, 2.45) is 5.92 Å². The van der Waals surface area contributed by atoms with E-state index in [0.717, 1.165) is 30.6 Å². The smallest absolute Gasteiger partial charge is 0.326 e. The number of carboxylic acid groups (broad SMARTS) is 1. The molecule has 3 fully saturated rings. The van der Waals surface area contributed by atoms with Crippen molar-refractivity contribution in [3.05, 3.63) is 0 Å². The van der Waals surface area contributed by atoms with Gasteiger partial charge in [0.05, 0.1) is 0 Å². The first-order valence-electron chi connectivity index (χ1n) is 8.99. The first-order chi connectivity index (χ1) is 11.9. The van der Waals surface area contributed by atoms with Crippen molar-refractivity contribution in [2.45, 2.75) is 57.0 Å². The summed E-state index contributed by atoms with van der Waals surface area (Å²) in [5.41, 5.74) is 0. The van der Waals surface area contributed by atoms with Gasteiger partial charge in [-0.3, -0.25) is 14.5 Å². The number of aliphatic carboxylic acids is 1. The fourth-order valence-electron chi connectivity index (χ4n) is 4.45. The predicted molar refractivity (Wildman–Crippen MR) is 87.6 cm³/mol. The van der Waals surface area contributed by atoms with Gasteiger partial charge in [0, 0.05) is 26.1 Å². The van der Waals surface area contributed by atoms with Gasteiger partial charge in [-0.2, -0.15) is 0 Å². The van der Waals surface area contributed by atoms with Crippen LogP contribution in [-0.4, -0.2) is 75.8 Å². The van der Waals surface area contributed by atoms with Crippen molar-refractivity contribution in [1.29, 1.82) is 0 Å². The number of nitrogens with zero attached hydrogens (tertiary/aromatic N) is 3. The summed E-state index contributed by atoms with van der Waals surface area (Å²) in [6.07, 6.45) is 5.05. The van der Waals surface area contributed by atoms with Gasteiger partial charge in [0.2, 0.25) is 11.8 Å². The highest BCUT2D eigenvalue weighted by atomic mass is 16.4. The Balaban J connectivity index is 1.58. The fourth-order valence-corrected chi connectivity index (χ4v) is 4.45. The molecule has 25 heavy (non-hydrogen) atoms. The lowest BCUT2D eigenvalue weighted by atomic mass is 9.84. The third kappa shape index (κ3) is 3.34. The minimum Gasteiger partial charge on any atom is -0.480 e. The minimum absolute atomic E-state index is 0.0310. The van der Waals surface area contributed by atoms with Crippen molar-refractivity contribution in [2.75, 3.05) is 20.1 Å². The van der Waals surface area contributed by atoms with E-state index in [1.807, 2.05) is 0 Å². The van der Waals surface area contributed by atoms with E-state index in [1.54, 1.807) is 11.9 Å². The van der Waals surface area contributed by atoms with Crippen molar-refractivity contribution in [3.8, 4) is 0 Å². The number of rotatable bonds is 5. The van der Waals surface area contributed by atoms with E-state index in [1.165, 1.54) is 4.90 Å². The molecule has 138 valence electrons. The second-order valence-electron chi connectivity index (χ2n) is 7.29. The number of carboxylic acids is 1. The maximum absolute atomic E-state index is 12.7. The molecular weight excluding hydrogens is 326 g/mol. The zero-order chi connectivity index (χ0) is 18.1. The lowest BCUT2D eigenvalue weighted by Gasteiger charge is -2.33. The van der Waals surface area contributed by atoms with Gasteiger partial charge >= 0.3 is 12.0 Å². The van der Waals surface area contributed by atoms with E-state index < -0.39 is 12.0 Å². The molecule has 3 aliphatic rings. The fraction of sp³-hybridized carbons (Fsp3) is 0.765. The highest BCUT2D eigenvalue weighted by Gasteiger charge is 2.47. The van der Waals surface area contributed by atoms with Crippen LogP contribution in [0.15, 0.2) is 0 Å². The second-order valence-corrected chi connectivity index (χ2v) is 7.29. The van der Waals surface area contributed by atoms with Gasteiger partial charge in [-0.25, -0.2) is 9.59 Å². The molecule has 2 heterocycles.